The molecule has 0 amide bonds. The Morgan fingerprint density at radius 2 is 1.64 bits per heavy atom. The SMILES string of the molecule is COCCC(C)C(C)CNCC(C)C. The van der Waals surface area contributed by atoms with Crippen LogP contribution in [-0.2, 0) is 4.74 Å². The second-order valence-electron chi connectivity index (χ2n) is 4.79. The van der Waals surface area contributed by atoms with Gasteiger partial charge in [-0.2, -0.15) is 0 Å². The van der Waals surface area contributed by atoms with Gasteiger partial charge in [-0.25, -0.2) is 0 Å². The maximum Gasteiger partial charge on any atom is 0.0464 e. The molecule has 2 heteroatoms. The Labute approximate surface area is 89.4 Å². The minimum atomic E-state index is 0.740. The molecule has 14 heavy (non-hydrogen) atoms. The number of nitrogens with one attached hydrogen (secondary N) is 1. The Balaban J connectivity index is 3.46. The average molecular weight is 201 g/mol. The van der Waals surface area contributed by atoms with Crippen LogP contribution in [0.2, 0.25) is 0 Å². The highest BCUT2D eigenvalue weighted by Gasteiger charge is 2.11. The molecule has 0 aromatic carbocycles. The summed E-state index contributed by atoms with van der Waals surface area (Å²) in [4.78, 5) is 0. The minimum absolute atomic E-state index is 0.740. The number of ether oxygens (including phenoxy) is 1. The fourth-order valence-corrected chi connectivity index (χ4v) is 1.39. The Morgan fingerprint density at radius 1 is 1.00 bits per heavy atom. The Bertz CT molecular complexity index is 125. The standard InChI is InChI=1S/C12H27NO/c1-10(2)8-13-9-12(4)11(3)6-7-14-5/h10-13H,6-9H2,1-5H3. The molecule has 2 unspecified atom stereocenters. The first kappa shape index (κ1) is 13.9. The van der Waals surface area contributed by atoms with E-state index in [1.165, 1.54) is 6.42 Å². The van der Waals surface area contributed by atoms with Crippen molar-refractivity contribution in [1.29, 1.82) is 0 Å². The Hall–Kier alpha value is -0.0800. The molecule has 0 aliphatic heterocycles. The third-order valence-electron chi connectivity index (χ3n) is 2.77. The number of rotatable bonds is 8. The normalized spacial score (nSPS) is 15.9. The van der Waals surface area contributed by atoms with Crippen molar-refractivity contribution in [2.75, 3.05) is 26.8 Å². The summed E-state index contributed by atoms with van der Waals surface area (Å²) in [5.74, 6) is 2.23. The van der Waals surface area contributed by atoms with Crippen LogP contribution in [0, 0.1) is 17.8 Å². The van der Waals surface area contributed by atoms with E-state index < -0.39 is 0 Å². The predicted molar refractivity (Wildman–Crippen MR) is 62.5 cm³/mol. The molecule has 0 bridgehead atoms. The molecule has 0 saturated carbocycles. The lowest BCUT2D eigenvalue weighted by molar-refractivity contribution is 0.167. The number of hydrogen-bond acceptors (Lipinski definition) is 2. The van der Waals surface area contributed by atoms with Gasteiger partial charge in [0.25, 0.3) is 0 Å². The Morgan fingerprint density at radius 3 is 2.14 bits per heavy atom. The van der Waals surface area contributed by atoms with Crippen molar-refractivity contribution in [3.63, 3.8) is 0 Å². The summed E-state index contributed by atoms with van der Waals surface area (Å²) in [7, 11) is 1.77. The molecule has 0 saturated heterocycles. The molecule has 86 valence electrons. The zero-order valence-electron chi connectivity index (χ0n) is 10.5. The van der Waals surface area contributed by atoms with Gasteiger partial charge in [0.1, 0.15) is 0 Å². The maximum absolute atomic E-state index is 5.08. The van der Waals surface area contributed by atoms with Crippen LogP contribution in [0.15, 0.2) is 0 Å². The lowest BCUT2D eigenvalue weighted by Crippen LogP contribution is -2.28. The van der Waals surface area contributed by atoms with Crippen LogP contribution in [-0.4, -0.2) is 26.8 Å². The van der Waals surface area contributed by atoms with Gasteiger partial charge in [-0.15, -0.1) is 0 Å². The van der Waals surface area contributed by atoms with Crippen LogP contribution in [0.5, 0.6) is 0 Å². The second kappa shape index (κ2) is 8.25. The fourth-order valence-electron chi connectivity index (χ4n) is 1.39. The predicted octanol–water partition coefficient (Wildman–Crippen LogP) is 2.54. The van der Waals surface area contributed by atoms with Crippen molar-refractivity contribution < 1.29 is 4.74 Å². The minimum Gasteiger partial charge on any atom is -0.385 e. The highest BCUT2D eigenvalue weighted by Crippen LogP contribution is 2.13. The monoisotopic (exact) mass is 201 g/mol. The number of methoxy groups -OCH3 is 1. The van der Waals surface area contributed by atoms with Gasteiger partial charge in [-0.1, -0.05) is 27.7 Å². The molecule has 0 spiro atoms. The van der Waals surface area contributed by atoms with E-state index in [0.717, 1.165) is 37.5 Å². The van der Waals surface area contributed by atoms with Crippen LogP contribution < -0.4 is 5.32 Å². The van der Waals surface area contributed by atoms with Crippen molar-refractivity contribution >= 4 is 0 Å². The molecule has 2 atom stereocenters. The van der Waals surface area contributed by atoms with Crippen LogP contribution in [0.4, 0.5) is 0 Å². The number of hydrogen-bond donors (Lipinski definition) is 1. The van der Waals surface area contributed by atoms with Crippen LogP contribution >= 0.6 is 0 Å². The van der Waals surface area contributed by atoms with E-state index in [1.807, 2.05) is 0 Å². The molecule has 0 radical (unpaired) electrons. The van der Waals surface area contributed by atoms with E-state index in [4.69, 9.17) is 4.74 Å². The van der Waals surface area contributed by atoms with E-state index in [1.54, 1.807) is 7.11 Å². The first-order valence-corrected chi connectivity index (χ1v) is 5.77. The van der Waals surface area contributed by atoms with Crippen molar-refractivity contribution in [3.05, 3.63) is 0 Å². The van der Waals surface area contributed by atoms with Gasteiger partial charge >= 0.3 is 0 Å². The molecule has 0 aliphatic carbocycles. The molecule has 1 N–H and O–H groups in total. The Kier molecular flexibility index (Phi) is 8.20. The fraction of sp³-hybridized carbons (Fsp3) is 1.00. The van der Waals surface area contributed by atoms with E-state index >= 15 is 0 Å². The third-order valence-corrected chi connectivity index (χ3v) is 2.77. The molecule has 0 aliphatic rings. The van der Waals surface area contributed by atoms with Gasteiger partial charge in [0.15, 0.2) is 0 Å². The quantitative estimate of drug-likeness (QED) is 0.651. The highest BCUT2D eigenvalue weighted by atomic mass is 16.5. The molecule has 2 nitrogen and oxygen atoms in total. The highest BCUT2D eigenvalue weighted by molar-refractivity contribution is 4.65. The summed E-state index contributed by atoms with van der Waals surface area (Å²) in [6.07, 6.45) is 1.17. The summed E-state index contributed by atoms with van der Waals surface area (Å²) >= 11 is 0. The van der Waals surface area contributed by atoms with Crippen molar-refractivity contribution in [2.24, 2.45) is 17.8 Å². The van der Waals surface area contributed by atoms with Gasteiger partial charge in [0, 0.05) is 13.7 Å². The zero-order chi connectivity index (χ0) is 11.0. The van der Waals surface area contributed by atoms with Gasteiger partial charge < -0.3 is 10.1 Å². The zero-order valence-corrected chi connectivity index (χ0v) is 10.5. The van der Waals surface area contributed by atoms with E-state index in [-0.39, 0.29) is 0 Å². The maximum atomic E-state index is 5.08. The smallest absolute Gasteiger partial charge is 0.0464 e. The molecule has 0 aromatic heterocycles. The average Bonchev–Trinajstić information content (AvgIpc) is 2.13. The van der Waals surface area contributed by atoms with Crippen LogP contribution in [0.25, 0.3) is 0 Å². The van der Waals surface area contributed by atoms with Crippen LogP contribution in [0.1, 0.15) is 34.1 Å². The van der Waals surface area contributed by atoms with Crippen LogP contribution in [0.3, 0.4) is 0 Å². The second-order valence-corrected chi connectivity index (χ2v) is 4.79. The molecule has 0 rings (SSSR count). The van der Waals surface area contributed by atoms with Gasteiger partial charge in [-0.3, -0.25) is 0 Å². The third kappa shape index (κ3) is 7.34. The largest absolute Gasteiger partial charge is 0.385 e. The van der Waals surface area contributed by atoms with E-state index in [0.29, 0.717) is 0 Å². The molecular formula is C12H27NO. The molecule has 0 fully saturated rings. The summed E-state index contributed by atoms with van der Waals surface area (Å²) in [5.41, 5.74) is 0. The van der Waals surface area contributed by atoms with Crippen molar-refractivity contribution in [2.45, 2.75) is 34.1 Å². The first-order chi connectivity index (χ1) is 6.57. The summed E-state index contributed by atoms with van der Waals surface area (Å²) in [6, 6.07) is 0. The lowest BCUT2D eigenvalue weighted by atomic mass is 9.93. The van der Waals surface area contributed by atoms with Gasteiger partial charge in [-0.05, 0) is 37.3 Å². The summed E-state index contributed by atoms with van der Waals surface area (Å²) in [5, 5.41) is 3.50. The summed E-state index contributed by atoms with van der Waals surface area (Å²) in [6.45, 7) is 12.2. The van der Waals surface area contributed by atoms with E-state index in [2.05, 4.69) is 33.0 Å². The van der Waals surface area contributed by atoms with Crippen molar-refractivity contribution in [1.82, 2.24) is 5.32 Å². The van der Waals surface area contributed by atoms with Gasteiger partial charge in [0.05, 0.1) is 0 Å². The molecule has 0 heterocycles. The lowest BCUT2D eigenvalue weighted by Gasteiger charge is -2.20. The van der Waals surface area contributed by atoms with E-state index in [9.17, 15) is 0 Å². The first-order valence-electron chi connectivity index (χ1n) is 5.77. The van der Waals surface area contributed by atoms with Gasteiger partial charge in [0.2, 0.25) is 0 Å². The summed E-state index contributed by atoms with van der Waals surface area (Å²) < 4.78 is 5.08. The molecular weight excluding hydrogens is 174 g/mol. The van der Waals surface area contributed by atoms with Crippen molar-refractivity contribution in [3.8, 4) is 0 Å². The molecule has 0 aromatic rings. The topological polar surface area (TPSA) is 21.3 Å².